The number of aromatic nitrogens is 3. The molecule has 0 amide bonds. The summed E-state index contributed by atoms with van der Waals surface area (Å²) in [7, 11) is 2.05. The molecule has 212 valence electrons. The molecule has 0 atom stereocenters. The van der Waals surface area contributed by atoms with E-state index in [1.807, 2.05) is 42.7 Å². The van der Waals surface area contributed by atoms with Gasteiger partial charge in [-0.05, 0) is 72.5 Å². The van der Waals surface area contributed by atoms with E-state index in [1.165, 1.54) is 0 Å². The number of aryl methyl sites for hydroxylation is 1. The van der Waals surface area contributed by atoms with E-state index in [-0.39, 0.29) is 5.92 Å². The van der Waals surface area contributed by atoms with Crippen LogP contribution in [-0.4, -0.2) is 39.0 Å². The molecule has 0 unspecified atom stereocenters. The predicted molar refractivity (Wildman–Crippen MR) is 165 cm³/mol. The van der Waals surface area contributed by atoms with E-state index in [4.69, 9.17) is 27.9 Å². The molecule has 5 aromatic rings. The van der Waals surface area contributed by atoms with Crippen LogP contribution in [0.2, 0.25) is 10.0 Å². The fourth-order valence-electron chi connectivity index (χ4n) is 5.18. The quantitative estimate of drug-likeness (QED) is 0.178. The summed E-state index contributed by atoms with van der Waals surface area (Å²) in [6.45, 7) is 8.08. The minimum absolute atomic E-state index is 0.245. The lowest BCUT2D eigenvalue weighted by molar-refractivity contribution is 0.0699. The Balaban J connectivity index is 1.30. The molecule has 0 aliphatic carbocycles. The SMILES string of the molecule is Cc1cc(OCc2c(C(C)C)cnn2-c2c(Cl)cccc2Cl)ccc1N(C)CCn1ccc2c(C(=O)O)cccc21. The third-order valence-electron chi connectivity index (χ3n) is 7.35. The highest BCUT2D eigenvalue weighted by Crippen LogP contribution is 2.32. The third-order valence-corrected chi connectivity index (χ3v) is 7.96. The minimum atomic E-state index is -0.916. The van der Waals surface area contributed by atoms with Gasteiger partial charge in [0, 0.05) is 42.9 Å². The van der Waals surface area contributed by atoms with Crippen LogP contribution < -0.4 is 9.64 Å². The second-order valence-electron chi connectivity index (χ2n) is 10.4. The first-order valence-electron chi connectivity index (χ1n) is 13.4. The fourth-order valence-corrected chi connectivity index (χ4v) is 5.74. The highest BCUT2D eigenvalue weighted by molar-refractivity contribution is 6.37. The van der Waals surface area contributed by atoms with Crippen molar-refractivity contribution in [3.05, 3.63) is 105 Å². The molecular weight excluding hydrogens is 559 g/mol. The Kier molecular flexibility index (Phi) is 8.29. The maximum atomic E-state index is 11.6. The summed E-state index contributed by atoms with van der Waals surface area (Å²) in [5, 5.41) is 15.9. The normalized spacial score (nSPS) is 11.4. The highest BCUT2D eigenvalue weighted by atomic mass is 35.5. The van der Waals surface area contributed by atoms with Crippen LogP contribution in [-0.2, 0) is 13.2 Å². The van der Waals surface area contributed by atoms with Crippen LogP contribution in [0.1, 0.15) is 46.9 Å². The third kappa shape index (κ3) is 5.78. The molecule has 0 saturated carbocycles. The Labute approximate surface area is 249 Å². The lowest BCUT2D eigenvalue weighted by Gasteiger charge is -2.23. The molecule has 0 spiro atoms. The first-order valence-corrected chi connectivity index (χ1v) is 14.2. The van der Waals surface area contributed by atoms with Crippen molar-refractivity contribution in [2.45, 2.75) is 39.8 Å². The molecule has 0 aliphatic heterocycles. The number of nitrogens with zero attached hydrogens (tertiary/aromatic N) is 4. The van der Waals surface area contributed by atoms with Gasteiger partial charge in [-0.25, -0.2) is 9.48 Å². The van der Waals surface area contributed by atoms with E-state index in [0.717, 1.165) is 45.7 Å². The molecule has 3 aromatic carbocycles. The number of fused-ring (bicyclic) bond motifs is 1. The van der Waals surface area contributed by atoms with Crippen molar-refractivity contribution in [1.29, 1.82) is 0 Å². The van der Waals surface area contributed by atoms with Crippen LogP contribution in [0.5, 0.6) is 5.75 Å². The molecule has 41 heavy (non-hydrogen) atoms. The standard InChI is InChI=1S/C32H32Cl2N4O3/c1-20(2)25-18-35-38(31-26(33)8-6-9-27(31)34)30(25)19-41-22-11-12-28(21(3)17-22)36(4)15-16-37-14-13-23-24(32(39)40)7-5-10-29(23)37/h5-14,17-18,20H,15-16,19H2,1-4H3,(H,39,40). The van der Waals surface area contributed by atoms with Crippen LogP contribution >= 0.6 is 23.2 Å². The van der Waals surface area contributed by atoms with Gasteiger partial charge in [-0.2, -0.15) is 5.10 Å². The van der Waals surface area contributed by atoms with Gasteiger partial charge >= 0.3 is 5.97 Å². The van der Waals surface area contributed by atoms with Gasteiger partial charge in [0.05, 0.1) is 27.5 Å². The number of para-hydroxylation sites is 1. The number of carboxylic acids is 1. The Bertz CT molecular complexity index is 1700. The summed E-state index contributed by atoms with van der Waals surface area (Å²) in [6.07, 6.45) is 3.80. The Morgan fingerprint density at radius 3 is 2.49 bits per heavy atom. The molecule has 0 saturated heterocycles. The zero-order chi connectivity index (χ0) is 29.3. The first-order chi connectivity index (χ1) is 19.7. The number of hydrogen-bond acceptors (Lipinski definition) is 4. The van der Waals surface area contributed by atoms with Crippen LogP contribution in [0.4, 0.5) is 5.69 Å². The fraction of sp³-hybridized carbons (Fsp3) is 0.250. The number of hydrogen-bond donors (Lipinski definition) is 1. The summed E-state index contributed by atoms with van der Waals surface area (Å²) < 4.78 is 10.1. The van der Waals surface area contributed by atoms with Crippen LogP contribution in [0, 0.1) is 6.92 Å². The number of rotatable bonds is 10. The zero-order valence-electron chi connectivity index (χ0n) is 23.4. The second kappa shape index (κ2) is 11.9. The van der Waals surface area contributed by atoms with Gasteiger partial charge in [-0.3, -0.25) is 0 Å². The summed E-state index contributed by atoms with van der Waals surface area (Å²) in [5.74, 6) is 0.0837. The molecule has 0 radical (unpaired) electrons. The number of carboxylic acid groups (broad SMARTS) is 1. The molecule has 2 aromatic heterocycles. The van der Waals surface area contributed by atoms with Crippen molar-refractivity contribution in [1.82, 2.24) is 14.3 Å². The van der Waals surface area contributed by atoms with Gasteiger partial charge < -0.3 is 19.3 Å². The molecule has 0 aliphatic rings. The number of ether oxygens (including phenoxy) is 1. The van der Waals surface area contributed by atoms with E-state index >= 15 is 0 Å². The monoisotopic (exact) mass is 590 g/mol. The molecule has 0 bridgehead atoms. The van der Waals surface area contributed by atoms with Crippen molar-refractivity contribution in [3.8, 4) is 11.4 Å². The van der Waals surface area contributed by atoms with Crippen molar-refractivity contribution in [3.63, 3.8) is 0 Å². The van der Waals surface area contributed by atoms with Crippen molar-refractivity contribution in [2.24, 2.45) is 0 Å². The van der Waals surface area contributed by atoms with Gasteiger partial charge in [-0.1, -0.05) is 49.2 Å². The molecule has 0 fully saturated rings. The number of likely N-dealkylation sites (N-methyl/N-ethyl adjacent to an activating group) is 1. The van der Waals surface area contributed by atoms with E-state index in [1.54, 1.807) is 28.9 Å². The summed E-state index contributed by atoms with van der Waals surface area (Å²) >= 11 is 13.0. The molecule has 1 N–H and O–H groups in total. The largest absolute Gasteiger partial charge is 0.487 e. The van der Waals surface area contributed by atoms with Gasteiger partial charge in [0.1, 0.15) is 18.0 Å². The van der Waals surface area contributed by atoms with Gasteiger partial charge in [0.25, 0.3) is 0 Å². The molecule has 5 rings (SSSR count). The lowest BCUT2D eigenvalue weighted by atomic mass is 10.0. The van der Waals surface area contributed by atoms with Gasteiger partial charge in [-0.15, -0.1) is 0 Å². The summed E-state index contributed by atoms with van der Waals surface area (Å²) in [6, 6.07) is 18.7. The summed E-state index contributed by atoms with van der Waals surface area (Å²) in [5.41, 5.74) is 6.03. The lowest BCUT2D eigenvalue weighted by Crippen LogP contribution is -2.23. The predicted octanol–water partition coefficient (Wildman–Crippen LogP) is 7.98. The first kappa shape index (κ1) is 28.6. The second-order valence-corrected chi connectivity index (χ2v) is 11.2. The van der Waals surface area contributed by atoms with Crippen LogP contribution in [0.3, 0.4) is 0 Å². The smallest absolute Gasteiger partial charge is 0.336 e. The van der Waals surface area contributed by atoms with Crippen molar-refractivity contribution >= 4 is 45.8 Å². The average Bonchev–Trinajstić information content (AvgIpc) is 3.54. The molecular formula is C32H32Cl2N4O3. The Hall–Kier alpha value is -3.94. The zero-order valence-corrected chi connectivity index (χ0v) is 24.9. The van der Waals surface area contributed by atoms with Crippen molar-refractivity contribution < 1.29 is 14.6 Å². The Morgan fingerprint density at radius 1 is 1.07 bits per heavy atom. The van der Waals surface area contributed by atoms with Gasteiger partial charge in [0.2, 0.25) is 0 Å². The van der Waals surface area contributed by atoms with Gasteiger partial charge in [0.15, 0.2) is 0 Å². The van der Waals surface area contributed by atoms with E-state index < -0.39 is 5.97 Å². The number of anilines is 1. The highest BCUT2D eigenvalue weighted by Gasteiger charge is 2.19. The van der Waals surface area contributed by atoms with Crippen molar-refractivity contribution in [2.75, 3.05) is 18.5 Å². The maximum absolute atomic E-state index is 11.6. The number of aromatic carboxylic acids is 1. The molecule has 2 heterocycles. The summed E-state index contributed by atoms with van der Waals surface area (Å²) in [4.78, 5) is 13.8. The molecule has 7 nitrogen and oxygen atoms in total. The number of carbonyl (C=O) groups is 1. The average molecular weight is 592 g/mol. The van der Waals surface area contributed by atoms with E-state index in [9.17, 15) is 9.90 Å². The topological polar surface area (TPSA) is 72.5 Å². The van der Waals surface area contributed by atoms with E-state index in [0.29, 0.717) is 34.4 Å². The van der Waals surface area contributed by atoms with Crippen LogP contribution in [0.25, 0.3) is 16.6 Å². The molecule has 9 heteroatoms. The van der Waals surface area contributed by atoms with Crippen LogP contribution in [0.15, 0.2) is 73.1 Å². The number of halogens is 2. The Morgan fingerprint density at radius 2 is 1.80 bits per heavy atom. The maximum Gasteiger partial charge on any atom is 0.336 e. The minimum Gasteiger partial charge on any atom is -0.487 e. The van der Waals surface area contributed by atoms with E-state index in [2.05, 4.69) is 48.5 Å². The number of benzene rings is 3.